The molecule has 1 fully saturated rings. The molecule has 2 aliphatic heterocycles. The molecule has 2 aromatic carbocycles. The number of nitrogens with zero attached hydrogens (tertiary/aromatic N) is 3. The third-order valence-corrected chi connectivity index (χ3v) is 7.31. The molecule has 4 nitrogen and oxygen atoms in total. The zero-order chi connectivity index (χ0) is 21.3. The van der Waals surface area contributed by atoms with E-state index < -0.39 is 0 Å². The van der Waals surface area contributed by atoms with E-state index in [1.54, 1.807) is 16.7 Å². The van der Waals surface area contributed by atoms with Gasteiger partial charge in [-0.1, -0.05) is 41.6 Å². The average molecular weight is 456 g/mol. The molecule has 1 saturated heterocycles. The van der Waals surface area contributed by atoms with Gasteiger partial charge in [-0.15, -0.1) is 0 Å². The van der Waals surface area contributed by atoms with E-state index >= 15 is 0 Å². The summed E-state index contributed by atoms with van der Waals surface area (Å²) in [6.07, 6.45) is 3.93. The van der Waals surface area contributed by atoms with E-state index in [0.717, 1.165) is 38.7 Å². The molecular weight excluding hydrogens is 434 g/mol. The van der Waals surface area contributed by atoms with Crippen molar-refractivity contribution in [2.45, 2.75) is 25.7 Å². The van der Waals surface area contributed by atoms with Gasteiger partial charge in [-0.05, 0) is 74.5 Å². The van der Waals surface area contributed by atoms with Crippen molar-refractivity contribution < 1.29 is 4.79 Å². The monoisotopic (exact) mass is 455 g/mol. The van der Waals surface area contributed by atoms with Crippen LogP contribution < -0.4 is 4.90 Å². The summed E-state index contributed by atoms with van der Waals surface area (Å²) in [6, 6.07) is 13.9. The molecule has 7 heteroatoms. The van der Waals surface area contributed by atoms with Crippen LogP contribution in [0.2, 0.25) is 5.02 Å². The molecule has 0 unspecified atom stereocenters. The molecule has 1 amide bonds. The highest BCUT2D eigenvalue weighted by molar-refractivity contribution is 8.18. The van der Waals surface area contributed by atoms with Crippen molar-refractivity contribution in [3.63, 3.8) is 0 Å². The lowest BCUT2D eigenvalue weighted by Gasteiger charge is -2.17. The van der Waals surface area contributed by atoms with Gasteiger partial charge in [0.2, 0.25) is 0 Å². The second-order valence-electron chi connectivity index (χ2n) is 6.83. The van der Waals surface area contributed by atoms with Crippen LogP contribution in [0.4, 0.5) is 11.4 Å². The first-order valence-corrected chi connectivity index (χ1v) is 11.8. The molecule has 0 bridgehead atoms. The lowest BCUT2D eigenvalue weighted by molar-refractivity contribution is -0.122. The van der Waals surface area contributed by atoms with Crippen LogP contribution in [0.1, 0.15) is 19.4 Å². The number of halogens is 1. The normalized spacial score (nSPS) is 20.1. The van der Waals surface area contributed by atoms with E-state index in [0.29, 0.717) is 11.4 Å². The molecule has 2 aliphatic rings. The Labute approximate surface area is 190 Å². The number of para-hydroxylation sites is 1. The SMILES string of the molecule is CCN1C(=O)/C(=C/C=C2\Sc3ccc(Cl)cc3N2CC)SC1=Nc1ccccc1C. The highest BCUT2D eigenvalue weighted by Crippen LogP contribution is 2.47. The van der Waals surface area contributed by atoms with Crippen molar-refractivity contribution in [3.8, 4) is 0 Å². The summed E-state index contributed by atoms with van der Waals surface area (Å²) in [7, 11) is 0. The summed E-state index contributed by atoms with van der Waals surface area (Å²) < 4.78 is 0. The zero-order valence-electron chi connectivity index (χ0n) is 17.1. The number of hydrogen-bond donors (Lipinski definition) is 0. The van der Waals surface area contributed by atoms with Crippen LogP contribution in [0.25, 0.3) is 0 Å². The smallest absolute Gasteiger partial charge is 0.266 e. The van der Waals surface area contributed by atoms with Gasteiger partial charge < -0.3 is 4.90 Å². The first kappa shape index (κ1) is 21.1. The van der Waals surface area contributed by atoms with Gasteiger partial charge in [-0.2, -0.15) is 0 Å². The van der Waals surface area contributed by atoms with Crippen LogP contribution in [0.3, 0.4) is 0 Å². The maximum absolute atomic E-state index is 12.9. The Bertz CT molecular complexity index is 1090. The van der Waals surface area contributed by atoms with E-state index in [1.165, 1.54) is 16.7 Å². The average Bonchev–Trinajstić information content (AvgIpc) is 3.23. The maximum atomic E-state index is 12.9. The summed E-state index contributed by atoms with van der Waals surface area (Å²) in [5, 5.41) is 2.54. The van der Waals surface area contributed by atoms with E-state index in [9.17, 15) is 4.79 Å². The van der Waals surface area contributed by atoms with Gasteiger partial charge in [0, 0.05) is 23.0 Å². The van der Waals surface area contributed by atoms with Gasteiger partial charge in [0.05, 0.1) is 21.3 Å². The number of hydrogen-bond acceptors (Lipinski definition) is 5. The number of carbonyl (C=O) groups is 1. The fraction of sp³-hybridized carbons (Fsp3) is 0.217. The Morgan fingerprint density at radius 1 is 1.03 bits per heavy atom. The van der Waals surface area contributed by atoms with E-state index in [2.05, 4.69) is 11.8 Å². The van der Waals surface area contributed by atoms with Crippen LogP contribution in [0.5, 0.6) is 0 Å². The Kier molecular flexibility index (Phi) is 6.27. The number of amides is 1. The molecular formula is C23H22ClN3OS2. The van der Waals surface area contributed by atoms with Gasteiger partial charge in [-0.3, -0.25) is 9.69 Å². The first-order chi connectivity index (χ1) is 14.5. The third-order valence-electron chi connectivity index (χ3n) is 4.92. The molecule has 154 valence electrons. The van der Waals surface area contributed by atoms with Crippen molar-refractivity contribution in [1.29, 1.82) is 0 Å². The molecule has 0 saturated carbocycles. The highest BCUT2D eigenvalue weighted by atomic mass is 35.5. The van der Waals surface area contributed by atoms with E-state index in [4.69, 9.17) is 16.6 Å². The number of anilines is 1. The maximum Gasteiger partial charge on any atom is 0.266 e. The van der Waals surface area contributed by atoms with Crippen LogP contribution in [-0.4, -0.2) is 29.1 Å². The molecule has 2 aromatic rings. The van der Waals surface area contributed by atoms with Crippen LogP contribution >= 0.6 is 35.1 Å². The molecule has 4 rings (SSSR count). The number of amidine groups is 1. The predicted octanol–water partition coefficient (Wildman–Crippen LogP) is 6.59. The molecule has 0 N–H and O–H groups in total. The fourth-order valence-corrected chi connectivity index (χ4v) is 5.62. The number of allylic oxidation sites excluding steroid dienone is 2. The molecule has 0 aromatic heterocycles. The van der Waals surface area contributed by atoms with Crippen molar-refractivity contribution in [2.75, 3.05) is 18.0 Å². The number of likely N-dealkylation sites (N-methyl/N-ethyl adjacent to an activating group) is 1. The van der Waals surface area contributed by atoms with E-state index in [1.807, 2.05) is 68.5 Å². The minimum atomic E-state index is -0.00158. The van der Waals surface area contributed by atoms with E-state index in [-0.39, 0.29) is 5.91 Å². The Balaban J connectivity index is 1.63. The molecule has 0 atom stereocenters. The van der Waals surface area contributed by atoms with Gasteiger partial charge in [-0.25, -0.2) is 4.99 Å². The summed E-state index contributed by atoms with van der Waals surface area (Å²) in [5.41, 5.74) is 3.09. The Hall–Kier alpha value is -2.15. The fourth-order valence-electron chi connectivity index (χ4n) is 3.35. The second kappa shape index (κ2) is 8.92. The second-order valence-corrected chi connectivity index (χ2v) is 9.33. The van der Waals surface area contributed by atoms with Crippen LogP contribution in [-0.2, 0) is 4.79 Å². The summed E-state index contributed by atoms with van der Waals surface area (Å²) in [6.45, 7) is 7.53. The predicted molar refractivity (Wildman–Crippen MR) is 130 cm³/mol. The number of aryl methyl sites for hydroxylation is 1. The van der Waals surface area contributed by atoms with Gasteiger partial charge >= 0.3 is 0 Å². The third kappa shape index (κ3) is 4.04. The zero-order valence-corrected chi connectivity index (χ0v) is 19.4. The largest absolute Gasteiger partial charge is 0.335 e. The van der Waals surface area contributed by atoms with Crippen molar-refractivity contribution >= 4 is 57.6 Å². The first-order valence-electron chi connectivity index (χ1n) is 9.82. The van der Waals surface area contributed by atoms with Crippen molar-refractivity contribution in [3.05, 3.63) is 75.1 Å². The summed E-state index contributed by atoms with van der Waals surface area (Å²) in [4.78, 5) is 23.5. The molecule has 30 heavy (non-hydrogen) atoms. The molecule has 0 radical (unpaired) electrons. The lowest BCUT2D eigenvalue weighted by Crippen LogP contribution is -2.28. The number of thioether (sulfide) groups is 2. The summed E-state index contributed by atoms with van der Waals surface area (Å²) >= 11 is 9.31. The van der Waals surface area contributed by atoms with Crippen molar-refractivity contribution in [1.82, 2.24) is 4.90 Å². The van der Waals surface area contributed by atoms with Crippen LogP contribution in [0, 0.1) is 6.92 Å². The minimum absolute atomic E-state index is 0.00158. The Morgan fingerprint density at radius 2 is 1.80 bits per heavy atom. The minimum Gasteiger partial charge on any atom is -0.335 e. The van der Waals surface area contributed by atoms with Gasteiger partial charge in [0.15, 0.2) is 5.17 Å². The number of fused-ring (bicyclic) bond motifs is 1. The lowest BCUT2D eigenvalue weighted by atomic mass is 10.2. The number of aliphatic imine (C=N–C) groups is 1. The Morgan fingerprint density at radius 3 is 2.53 bits per heavy atom. The molecule has 0 spiro atoms. The quantitative estimate of drug-likeness (QED) is 0.487. The number of benzene rings is 2. The van der Waals surface area contributed by atoms with Crippen LogP contribution in [0.15, 0.2) is 74.4 Å². The van der Waals surface area contributed by atoms with Gasteiger partial charge in [0.1, 0.15) is 0 Å². The standard InChI is InChI=1S/C23H22ClN3OS2/c1-4-26-18-14-16(24)10-11-19(18)29-21(26)13-12-20-22(28)27(5-2)23(30-20)25-17-9-7-6-8-15(17)3/h6-14H,4-5H2,1-3H3/b20-12-,21-13-,25-23?. The summed E-state index contributed by atoms with van der Waals surface area (Å²) in [5.74, 6) is -0.00158. The number of rotatable bonds is 4. The molecule has 2 heterocycles. The van der Waals surface area contributed by atoms with Gasteiger partial charge in [0.25, 0.3) is 5.91 Å². The molecule has 0 aliphatic carbocycles. The topological polar surface area (TPSA) is 35.9 Å². The number of carbonyl (C=O) groups excluding carboxylic acids is 1. The highest BCUT2D eigenvalue weighted by Gasteiger charge is 2.32. The van der Waals surface area contributed by atoms with Crippen molar-refractivity contribution in [2.24, 2.45) is 4.99 Å².